The van der Waals surface area contributed by atoms with E-state index in [1.807, 2.05) is 47.6 Å². The van der Waals surface area contributed by atoms with Gasteiger partial charge in [0.2, 0.25) is 0 Å². The number of phenolic OH excluding ortho intramolecular Hbond substituents is 1. The summed E-state index contributed by atoms with van der Waals surface area (Å²) in [4.78, 5) is 28.3. The molecule has 0 amide bonds. The van der Waals surface area contributed by atoms with Crippen LogP contribution in [-0.2, 0) is 14.9 Å². The number of hydrogen-bond acceptors (Lipinski definition) is 6. The number of rotatable bonds is 5. The topological polar surface area (TPSA) is 82.1 Å². The number of Topliss-reactive ketones (excluding diaryl/α,β-unsaturated/α-hetero) is 2. The molecule has 2 heterocycles. The highest BCUT2D eigenvalue weighted by Gasteiger charge is 2.81. The molecule has 186 valence electrons. The fraction of sp³-hybridized carbons (Fsp3) is 0.517. The predicted octanol–water partition coefficient (Wildman–Crippen LogP) is 5.23. The summed E-state index contributed by atoms with van der Waals surface area (Å²) in [6.07, 6.45) is 6.35. The number of carbonyl (C=O) groups excluding carboxylic acids is 2. The lowest BCUT2D eigenvalue weighted by Gasteiger charge is -2.56. The first kappa shape index (κ1) is 23.9. The normalized spacial score (nSPS) is 31.8. The maximum absolute atomic E-state index is 14.3. The maximum Gasteiger partial charge on any atom is 0.200 e. The van der Waals surface area contributed by atoms with Gasteiger partial charge in [-0.2, -0.15) is 0 Å². The Morgan fingerprint density at radius 3 is 2.60 bits per heavy atom. The second-order valence-electron chi connectivity index (χ2n) is 11.6. The summed E-state index contributed by atoms with van der Waals surface area (Å²) in [7, 11) is 1.46. The van der Waals surface area contributed by atoms with Crippen LogP contribution in [0.5, 0.6) is 17.2 Å². The van der Waals surface area contributed by atoms with Gasteiger partial charge in [-0.15, -0.1) is 6.58 Å². The van der Waals surface area contributed by atoms with Crippen molar-refractivity contribution in [2.45, 2.75) is 76.6 Å². The molecule has 4 atom stereocenters. The Kier molecular flexibility index (Phi) is 4.84. The van der Waals surface area contributed by atoms with Gasteiger partial charge in [-0.1, -0.05) is 37.6 Å². The largest absolute Gasteiger partial charge is 0.507 e. The van der Waals surface area contributed by atoms with E-state index >= 15 is 0 Å². The van der Waals surface area contributed by atoms with Crippen LogP contribution in [0.3, 0.4) is 0 Å². The molecule has 1 N–H and O–H groups in total. The highest BCUT2D eigenvalue weighted by atomic mass is 16.6. The number of ether oxygens (including phenoxy) is 3. The van der Waals surface area contributed by atoms with Crippen molar-refractivity contribution in [1.82, 2.24) is 0 Å². The van der Waals surface area contributed by atoms with Crippen molar-refractivity contribution in [1.29, 1.82) is 0 Å². The molecule has 1 saturated heterocycles. The van der Waals surface area contributed by atoms with Crippen LogP contribution >= 0.6 is 0 Å². The molecule has 2 aliphatic heterocycles. The van der Waals surface area contributed by atoms with Crippen LogP contribution in [0, 0.1) is 11.8 Å². The van der Waals surface area contributed by atoms with E-state index in [9.17, 15) is 14.7 Å². The summed E-state index contributed by atoms with van der Waals surface area (Å²) in [5, 5.41) is 11.1. The van der Waals surface area contributed by atoms with Gasteiger partial charge in [0, 0.05) is 40.9 Å². The molecular formula is C29H34O6. The summed E-state index contributed by atoms with van der Waals surface area (Å²) >= 11 is 0. The molecule has 1 aromatic carbocycles. The molecular weight excluding hydrogens is 444 g/mol. The fourth-order valence-electron chi connectivity index (χ4n) is 6.80. The highest BCUT2D eigenvalue weighted by molar-refractivity contribution is 6.18. The van der Waals surface area contributed by atoms with Crippen molar-refractivity contribution in [2.75, 3.05) is 7.11 Å². The molecule has 35 heavy (non-hydrogen) atoms. The molecule has 3 aliphatic carbocycles. The van der Waals surface area contributed by atoms with Gasteiger partial charge < -0.3 is 19.3 Å². The number of aromatic hydroxyl groups is 1. The van der Waals surface area contributed by atoms with Crippen molar-refractivity contribution < 1.29 is 28.9 Å². The molecule has 1 spiro atoms. The van der Waals surface area contributed by atoms with Gasteiger partial charge in [0.15, 0.2) is 22.8 Å². The number of ketones is 2. The molecule has 0 aromatic heterocycles. The third-order valence-electron chi connectivity index (χ3n) is 8.49. The van der Waals surface area contributed by atoms with E-state index < -0.39 is 28.1 Å². The quantitative estimate of drug-likeness (QED) is 0.584. The van der Waals surface area contributed by atoms with Crippen molar-refractivity contribution in [3.8, 4) is 17.2 Å². The molecule has 0 unspecified atom stereocenters. The predicted molar refractivity (Wildman–Crippen MR) is 132 cm³/mol. The standard InChI is InChI=1S/C29H34O6/c1-9-26(4,5)22-18(30)14-19(33-8)21-23(31)17-12-16-13-20-27(6,7)35-28(25(16)32,11-10-15(2)3)29(17,20)34-24(21)22/h9-10,12,14,16,20,30H,1,11,13H2,2-8H3/t16-,20+,28+,29-/m1/s1. The second kappa shape index (κ2) is 7.10. The van der Waals surface area contributed by atoms with E-state index in [-0.39, 0.29) is 40.3 Å². The van der Waals surface area contributed by atoms with Gasteiger partial charge in [0.25, 0.3) is 0 Å². The van der Waals surface area contributed by atoms with Gasteiger partial charge in [0.05, 0.1) is 12.7 Å². The van der Waals surface area contributed by atoms with Crippen LogP contribution in [0.2, 0.25) is 0 Å². The molecule has 4 bridgehead atoms. The highest BCUT2D eigenvalue weighted by Crippen LogP contribution is 2.68. The van der Waals surface area contributed by atoms with Crippen LogP contribution in [0.25, 0.3) is 0 Å². The molecule has 6 rings (SSSR count). The van der Waals surface area contributed by atoms with Crippen LogP contribution in [0.4, 0.5) is 0 Å². The fourth-order valence-corrected chi connectivity index (χ4v) is 6.80. The first-order valence-corrected chi connectivity index (χ1v) is 12.2. The Morgan fingerprint density at radius 1 is 1.31 bits per heavy atom. The first-order chi connectivity index (χ1) is 16.3. The third-order valence-corrected chi connectivity index (χ3v) is 8.49. The van der Waals surface area contributed by atoms with Gasteiger partial charge in [-0.25, -0.2) is 0 Å². The van der Waals surface area contributed by atoms with E-state index in [2.05, 4.69) is 6.58 Å². The maximum atomic E-state index is 14.3. The van der Waals surface area contributed by atoms with Crippen molar-refractivity contribution in [3.05, 3.63) is 53.1 Å². The Morgan fingerprint density at radius 2 is 2.00 bits per heavy atom. The van der Waals surface area contributed by atoms with E-state index in [0.717, 1.165) is 5.57 Å². The lowest BCUT2D eigenvalue weighted by molar-refractivity contribution is -0.171. The zero-order chi connectivity index (χ0) is 25.7. The Balaban J connectivity index is 1.88. The van der Waals surface area contributed by atoms with E-state index in [4.69, 9.17) is 14.2 Å². The Hall–Kier alpha value is -2.86. The average Bonchev–Trinajstić information content (AvgIpc) is 2.94. The number of phenols is 1. The summed E-state index contributed by atoms with van der Waals surface area (Å²) in [6.45, 7) is 15.6. The van der Waals surface area contributed by atoms with Gasteiger partial charge in [-0.3, -0.25) is 9.59 Å². The van der Waals surface area contributed by atoms with Gasteiger partial charge in [0.1, 0.15) is 22.8 Å². The van der Waals surface area contributed by atoms with Crippen molar-refractivity contribution in [3.63, 3.8) is 0 Å². The lowest BCUT2D eigenvalue weighted by Crippen LogP contribution is -2.72. The average molecular weight is 479 g/mol. The summed E-state index contributed by atoms with van der Waals surface area (Å²) < 4.78 is 19.2. The van der Waals surface area contributed by atoms with Crippen LogP contribution < -0.4 is 9.47 Å². The van der Waals surface area contributed by atoms with Crippen LogP contribution in [0.1, 0.15) is 70.3 Å². The molecule has 5 aliphatic rings. The number of hydrogen-bond donors (Lipinski definition) is 1. The smallest absolute Gasteiger partial charge is 0.200 e. The minimum Gasteiger partial charge on any atom is -0.507 e. The van der Waals surface area contributed by atoms with Crippen LogP contribution in [-0.4, -0.2) is 40.6 Å². The molecule has 1 aromatic rings. The number of carbonyl (C=O) groups is 2. The van der Waals surface area contributed by atoms with E-state index in [1.54, 1.807) is 12.2 Å². The Labute approximate surface area is 206 Å². The van der Waals surface area contributed by atoms with E-state index in [0.29, 0.717) is 24.0 Å². The number of allylic oxidation sites excluding steroid dienone is 3. The molecule has 2 fully saturated rings. The van der Waals surface area contributed by atoms with E-state index in [1.165, 1.54) is 13.2 Å². The molecule has 1 saturated carbocycles. The number of fused-ring (bicyclic) bond motifs is 1. The monoisotopic (exact) mass is 478 g/mol. The molecule has 6 heteroatoms. The summed E-state index contributed by atoms with van der Waals surface area (Å²) in [5.41, 5.74) is -1.85. The molecule has 0 radical (unpaired) electrons. The lowest BCUT2D eigenvalue weighted by atomic mass is 9.51. The zero-order valence-corrected chi connectivity index (χ0v) is 21.6. The minimum atomic E-state index is -1.34. The minimum absolute atomic E-state index is 0.0477. The first-order valence-electron chi connectivity index (χ1n) is 12.2. The van der Waals surface area contributed by atoms with Crippen molar-refractivity contribution >= 4 is 11.6 Å². The number of methoxy groups -OCH3 is 1. The third kappa shape index (κ3) is 2.75. The van der Waals surface area contributed by atoms with Crippen LogP contribution in [0.15, 0.2) is 42.0 Å². The van der Waals surface area contributed by atoms with Gasteiger partial charge >= 0.3 is 0 Å². The number of benzene rings is 1. The summed E-state index contributed by atoms with van der Waals surface area (Å²) in [5.74, 6) is -0.499. The van der Waals surface area contributed by atoms with Crippen molar-refractivity contribution in [2.24, 2.45) is 11.8 Å². The second-order valence-corrected chi connectivity index (χ2v) is 11.6. The molecule has 6 nitrogen and oxygen atoms in total. The Bertz CT molecular complexity index is 1240. The summed E-state index contributed by atoms with van der Waals surface area (Å²) in [6, 6.07) is 1.46. The zero-order valence-electron chi connectivity index (χ0n) is 21.6. The SMILES string of the molecule is C=CC(C)(C)c1c(O)cc(OC)c2c1O[C@]13C(=C[C@@H]4C[C@H]1C(C)(C)O[C@@]3(CC=C(C)C)C4=O)C2=O. The van der Waals surface area contributed by atoms with Gasteiger partial charge in [-0.05, 0) is 34.1 Å².